The average molecular weight is 381 g/mol. The first kappa shape index (κ1) is 20.1. The molecule has 0 atom stereocenters. The van der Waals surface area contributed by atoms with Crippen molar-refractivity contribution in [2.75, 3.05) is 26.9 Å². The van der Waals surface area contributed by atoms with Crippen LogP contribution in [0.25, 0.3) is 0 Å². The lowest BCUT2D eigenvalue weighted by Gasteiger charge is -2.38. The van der Waals surface area contributed by atoms with Crippen molar-refractivity contribution < 1.29 is 19.1 Å². The summed E-state index contributed by atoms with van der Waals surface area (Å²) in [6.07, 6.45) is 2.11. The van der Waals surface area contributed by atoms with Crippen LogP contribution in [0.3, 0.4) is 0 Å². The van der Waals surface area contributed by atoms with Crippen LogP contribution in [0.15, 0.2) is 54.6 Å². The number of nitrogens with one attached hydrogen (secondary N) is 1. The van der Waals surface area contributed by atoms with Gasteiger partial charge in [-0.15, -0.1) is 0 Å². The minimum absolute atomic E-state index is 0.00770. The van der Waals surface area contributed by atoms with Gasteiger partial charge >= 0.3 is 0 Å². The van der Waals surface area contributed by atoms with E-state index in [1.807, 2.05) is 30.3 Å². The van der Waals surface area contributed by atoms with E-state index in [0.29, 0.717) is 25.3 Å². The summed E-state index contributed by atoms with van der Waals surface area (Å²) < 4.78 is 10.8. The van der Waals surface area contributed by atoms with E-state index in [4.69, 9.17) is 9.47 Å². The number of benzene rings is 2. The Morgan fingerprint density at radius 3 is 2.32 bits per heavy atom. The van der Waals surface area contributed by atoms with Gasteiger partial charge in [0.2, 0.25) is 5.91 Å². The predicted molar refractivity (Wildman–Crippen MR) is 108 cm³/mol. The number of Topliss-reactive ketones (excluding diaryl/α,β-unsaturated/α-hetero) is 1. The van der Waals surface area contributed by atoms with Crippen molar-refractivity contribution >= 4 is 11.7 Å². The van der Waals surface area contributed by atoms with Crippen molar-refractivity contribution in [1.82, 2.24) is 5.32 Å². The molecule has 0 radical (unpaired) electrons. The second-order valence-corrected chi connectivity index (χ2v) is 7.19. The SMILES string of the molecule is COc1ccc(C2(CNC(=O)CCC(=O)c3ccccc3)CCOCC2)cc1. The van der Waals surface area contributed by atoms with E-state index in [-0.39, 0.29) is 29.9 Å². The van der Waals surface area contributed by atoms with Gasteiger partial charge in [0.15, 0.2) is 5.78 Å². The van der Waals surface area contributed by atoms with E-state index in [2.05, 4.69) is 17.4 Å². The molecule has 1 heterocycles. The largest absolute Gasteiger partial charge is 0.497 e. The van der Waals surface area contributed by atoms with Crippen LogP contribution in [0.2, 0.25) is 0 Å². The Morgan fingerprint density at radius 1 is 1.00 bits per heavy atom. The zero-order valence-corrected chi connectivity index (χ0v) is 16.3. The quantitative estimate of drug-likeness (QED) is 0.711. The maximum atomic E-state index is 12.4. The summed E-state index contributed by atoms with van der Waals surface area (Å²) in [5.41, 5.74) is 1.68. The number of hydrogen-bond donors (Lipinski definition) is 1. The van der Waals surface area contributed by atoms with Crippen molar-refractivity contribution in [2.24, 2.45) is 0 Å². The van der Waals surface area contributed by atoms with E-state index in [9.17, 15) is 9.59 Å². The summed E-state index contributed by atoms with van der Waals surface area (Å²) in [5.74, 6) is 0.713. The number of carbonyl (C=O) groups is 2. The molecule has 3 rings (SSSR count). The number of carbonyl (C=O) groups excluding carboxylic acids is 2. The molecule has 0 aliphatic carbocycles. The summed E-state index contributed by atoms with van der Waals surface area (Å²) >= 11 is 0. The number of amides is 1. The van der Waals surface area contributed by atoms with Gasteiger partial charge in [0.05, 0.1) is 7.11 Å². The maximum Gasteiger partial charge on any atom is 0.220 e. The zero-order chi connectivity index (χ0) is 19.8. The summed E-state index contributed by atoms with van der Waals surface area (Å²) in [6, 6.07) is 17.1. The predicted octanol–water partition coefficient (Wildman–Crippen LogP) is 3.52. The van der Waals surface area contributed by atoms with Gasteiger partial charge in [-0.1, -0.05) is 42.5 Å². The molecular formula is C23H27NO4. The number of methoxy groups -OCH3 is 1. The van der Waals surface area contributed by atoms with E-state index in [1.54, 1.807) is 19.2 Å². The molecule has 0 aromatic heterocycles. The highest BCUT2D eigenvalue weighted by atomic mass is 16.5. The van der Waals surface area contributed by atoms with Crippen molar-refractivity contribution in [3.8, 4) is 5.75 Å². The standard InChI is InChI=1S/C23H27NO4/c1-27-20-9-7-19(8-10-20)23(13-15-28-16-14-23)17-24-22(26)12-11-21(25)18-5-3-2-4-6-18/h2-10H,11-17H2,1H3,(H,24,26). The second-order valence-electron chi connectivity index (χ2n) is 7.19. The third kappa shape index (κ3) is 4.98. The molecule has 0 saturated carbocycles. The van der Waals surface area contributed by atoms with Crippen molar-refractivity contribution in [3.63, 3.8) is 0 Å². The van der Waals surface area contributed by atoms with Gasteiger partial charge in [-0.2, -0.15) is 0 Å². The summed E-state index contributed by atoms with van der Waals surface area (Å²) in [4.78, 5) is 24.6. The number of rotatable bonds is 8. The third-order valence-corrected chi connectivity index (χ3v) is 5.45. The lowest BCUT2D eigenvalue weighted by molar-refractivity contribution is -0.121. The average Bonchev–Trinajstić information content (AvgIpc) is 2.77. The van der Waals surface area contributed by atoms with Crippen LogP contribution in [-0.2, 0) is 14.9 Å². The van der Waals surface area contributed by atoms with Crippen LogP contribution in [0.5, 0.6) is 5.75 Å². The molecule has 1 saturated heterocycles. The summed E-state index contributed by atoms with van der Waals surface area (Å²) in [7, 11) is 1.65. The van der Waals surface area contributed by atoms with Gasteiger partial charge in [-0.05, 0) is 30.5 Å². The molecule has 1 N–H and O–H groups in total. The highest BCUT2D eigenvalue weighted by molar-refractivity contribution is 5.97. The van der Waals surface area contributed by atoms with Crippen LogP contribution in [0, 0.1) is 0 Å². The van der Waals surface area contributed by atoms with E-state index in [0.717, 1.165) is 18.6 Å². The van der Waals surface area contributed by atoms with Crippen LogP contribution in [0.1, 0.15) is 41.6 Å². The first-order valence-electron chi connectivity index (χ1n) is 9.70. The highest BCUT2D eigenvalue weighted by Crippen LogP contribution is 2.35. The molecule has 0 unspecified atom stereocenters. The van der Waals surface area contributed by atoms with Gasteiger partial charge in [0.25, 0.3) is 0 Å². The lowest BCUT2D eigenvalue weighted by atomic mass is 9.74. The Hall–Kier alpha value is -2.66. The first-order valence-corrected chi connectivity index (χ1v) is 9.70. The number of ether oxygens (including phenoxy) is 2. The Morgan fingerprint density at radius 2 is 1.68 bits per heavy atom. The molecule has 5 nitrogen and oxygen atoms in total. The Kier molecular flexibility index (Phi) is 6.82. The van der Waals surface area contributed by atoms with Crippen molar-refractivity contribution in [3.05, 3.63) is 65.7 Å². The zero-order valence-electron chi connectivity index (χ0n) is 16.3. The fourth-order valence-corrected chi connectivity index (χ4v) is 3.63. The fraction of sp³-hybridized carbons (Fsp3) is 0.391. The molecule has 1 fully saturated rings. The molecule has 28 heavy (non-hydrogen) atoms. The minimum atomic E-state index is -0.149. The van der Waals surface area contributed by atoms with Crippen LogP contribution in [0.4, 0.5) is 0 Å². The van der Waals surface area contributed by atoms with Gasteiger partial charge in [-0.3, -0.25) is 9.59 Å². The van der Waals surface area contributed by atoms with Gasteiger partial charge in [0, 0.05) is 43.6 Å². The molecule has 1 aliphatic rings. The van der Waals surface area contributed by atoms with Gasteiger partial charge in [-0.25, -0.2) is 0 Å². The first-order chi connectivity index (χ1) is 13.6. The van der Waals surface area contributed by atoms with Crippen LogP contribution >= 0.6 is 0 Å². The lowest BCUT2D eigenvalue weighted by Crippen LogP contribution is -2.44. The molecule has 0 spiro atoms. The van der Waals surface area contributed by atoms with Gasteiger partial charge in [0.1, 0.15) is 5.75 Å². The third-order valence-electron chi connectivity index (χ3n) is 5.45. The fourth-order valence-electron chi connectivity index (χ4n) is 3.63. The number of ketones is 1. The van der Waals surface area contributed by atoms with Gasteiger partial charge < -0.3 is 14.8 Å². The highest BCUT2D eigenvalue weighted by Gasteiger charge is 2.34. The Bertz CT molecular complexity index is 780. The van der Waals surface area contributed by atoms with Crippen LogP contribution in [-0.4, -0.2) is 38.6 Å². The minimum Gasteiger partial charge on any atom is -0.497 e. The molecule has 5 heteroatoms. The normalized spacial score (nSPS) is 15.6. The van der Waals surface area contributed by atoms with Crippen LogP contribution < -0.4 is 10.1 Å². The molecule has 0 bridgehead atoms. The van der Waals surface area contributed by atoms with E-state index >= 15 is 0 Å². The van der Waals surface area contributed by atoms with E-state index < -0.39 is 0 Å². The maximum absolute atomic E-state index is 12.4. The molecule has 1 aliphatic heterocycles. The molecule has 2 aromatic rings. The smallest absolute Gasteiger partial charge is 0.220 e. The van der Waals surface area contributed by atoms with E-state index in [1.165, 1.54) is 5.56 Å². The summed E-state index contributed by atoms with van der Waals surface area (Å²) in [5, 5.41) is 3.05. The molecule has 2 aromatic carbocycles. The van der Waals surface area contributed by atoms with Crippen molar-refractivity contribution in [2.45, 2.75) is 31.1 Å². The Balaban J connectivity index is 1.58. The molecule has 1 amide bonds. The van der Waals surface area contributed by atoms with Crippen molar-refractivity contribution in [1.29, 1.82) is 0 Å². The Labute approximate surface area is 166 Å². The number of hydrogen-bond acceptors (Lipinski definition) is 4. The second kappa shape index (κ2) is 9.51. The molecular weight excluding hydrogens is 354 g/mol. The molecule has 148 valence electrons. The summed E-state index contributed by atoms with van der Waals surface area (Å²) in [6.45, 7) is 1.89. The topological polar surface area (TPSA) is 64.6 Å². The monoisotopic (exact) mass is 381 g/mol.